The van der Waals surface area contributed by atoms with Crippen LogP contribution in [0.5, 0.6) is 0 Å². The molecule has 28 heavy (non-hydrogen) atoms. The summed E-state index contributed by atoms with van der Waals surface area (Å²) in [6.07, 6.45) is 1.18. The Hall–Kier alpha value is -3.15. The van der Waals surface area contributed by atoms with Crippen molar-refractivity contribution in [2.24, 2.45) is 0 Å². The molecule has 0 aliphatic carbocycles. The first-order chi connectivity index (χ1) is 13.4. The highest BCUT2D eigenvalue weighted by Gasteiger charge is 2.52. The zero-order valence-electron chi connectivity index (χ0n) is 16.4. The second-order valence-corrected chi connectivity index (χ2v) is 7.21. The quantitative estimate of drug-likeness (QED) is 0.754. The standard InChI is InChI=1S/C22H25N3O3/c1-4-12-22(17-8-6-5-7-9-17)20(27)25(21(28)24-22)14-19(26)23-18-13-15(2)10-11-16(18)3/h5-11,13H,4,12,14H2,1-3H3,(H,23,26)(H,24,28). The van der Waals surface area contributed by atoms with E-state index in [-0.39, 0.29) is 12.5 Å². The Balaban J connectivity index is 1.81. The summed E-state index contributed by atoms with van der Waals surface area (Å²) in [6.45, 7) is 5.46. The van der Waals surface area contributed by atoms with Crippen LogP contribution in [0.2, 0.25) is 0 Å². The predicted octanol–water partition coefficient (Wildman–Crippen LogP) is 3.49. The van der Waals surface area contributed by atoms with Gasteiger partial charge in [0, 0.05) is 5.69 Å². The van der Waals surface area contributed by atoms with Gasteiger partial charge in [0.05, 0.1) is 0 Å². The first-order valence-corrected chi connectivity index (χ1v) is 9.44. The van der Waals surface area contributed by atoms with Crippen molar-refractivity contribution >= 4 is 23.5 Å². The van der Waals surface area contributed by atoms with Gasteiger partial charge in [-0.15, -0.1) is 0 Å². The van der Waals surface area contributed by atoms with Gasteiger partial charge in [0.1, 0.15) is 12.1 Å². The monoisotopic (exact) mass is 379 g/mol. The Bertz CT molecular complexity index is 910. The summed E-state index contributed by atoms with van der Waals surface area (Å²) in [5.41, 5.74) is 2.22. The van der Waals surface area contributed by atoms with E-state index >= 15 is 0 Å². The lowest BCUT2D eigenvalue weighted by atomic mass is 9.85. The molecule has 1 aliphatic heterocycles. The molecule has 2 aromatic rings. The van der Waals surface area contributed by atoms with Gasteiger partial charge in [-0.1, -0.05) is 55.8 Å². The minimum absolute atomic E-state index is 0.323. The molecule has 4 amide bonds. The number of carbonyl (C=O) groups excluding carboxylic acids is 3. The molecule has 1 fully saturated rings. The molecule has 0 bridgehead atoms. The van der Waals surface area contributed by atoms with Crippen molar-refractivity contribution in [3.63, 3.8) is 0 Å². The van der Waals surface area contributed by atoms with E-state index in [2.05, 4.69) is 10.6 Å². The Morgan fingerprint density at radius 1 is 1.11 bits per heavy atom. The lowest BCUT2D eigenvalue weighted by Crippen LogP contribution is -2.44. The highest BCUT2D eigenvalue weighted by Crippen LogP contribution is 2.33. The summed E-state index contributed by atoms with van der Waals surface area (Å²) < 4.78 is 0. The zero-order chi connectivity index (χ0) is 20.3. The molecule has 0 aromatic heterocycles. The number of carbonyl (C=O) groups is 3. The van der Waals surface area contributed by atoms with Gasteiger partial charge in [-0.25, -0.2) is 4.79 Å². The van der Waals surface area contributed by atoms with Crippen molar-refractivity contribution in [2.45, 2.75) is 39.2 Å². The second kappa shape index (κ2) is 7.84. The smallest absolute Gasteiger partial charge is 0.324 e. The predicted molar refractivity (Wildman–Crippen MR) is 108 cm³/mol. The highest BCUT2D eigenvalue weighted by molar-refractivity contribution is 6.10. The molecule has 1 atom stereocenters. The number of anilines is 1. The number of benzene rings is 2. The third kappa shape index (κ3) is 3.63. The fourth-order valence-electron chi connectivity index (χ4n) is 3.58. The maximum atomic E-state index is 13.2. The molecule has 2 aromatic carbocycles. The lowest BCUT2D eigenvalue weighted by Gasteiger charge is -2.26. The number of imide groups is 1. The average molecular weight is 379 g/mol. The Morgan fingerprint density at radius 2 is 1.82 bits per heavy atom. The lowest BCUT2D eigenvalue weighted by molar-refractivity contribution is -0.134. The number of nitrogens with one attached hydrogen (secondary N) is 2. The number of urea groups is 1. The molecule has 6 heteroatoms. The van der Waals surface area contributed by atoms with Gasteiger partial charge in [-0.3, -0.25) is 14.5 Å². The molecule has 3 rings (SSSR count). The molecule has 1 heterocycles. The Kier molecular flexibility index (Phi) is 5.49. The van der Waals surface area contributed by atoms with Crippen LogP contribution < -0.4 is 10.6 Å². The molecule has 1 aliphatic rings. The van der Waals surface area contributed by atoms with E-state index < -0.39 is 17.5 Å². The molecule has 146 valence electrons. The van der Waals surface area contributed by atoms with E-state index in [1.54, 1.807) is 0 Å². The molecular formula is C22H25N3O3. The maximum absolute atomic E-state index is 13.2. The van der Waals surface area contributed by atoms with Gasteiger partial charge in [0.25, 0.3) is 5.91 Å². The number of rotatable bonds is 6. The van der Waals surface area contributed by atoms with Crippen LogP contribution in [0, 0.1) is 13.8 Å². The van der Waals surface area contributed by atoms with E-state index in [1.807, 2.05) is 69.3 Å². The van der Waals surface area contributed by atoms with Crippen molar-refractivity contribution < 1.29 is 14.4 Å². The van der Waals surface area contributed by atoms with Crippen molar-refractivity contribution in [3.05, 3.63) is 65.2 Å². The minimum Gasteiger partial charge on any atom is -0.324 e. The van der Waals surface area contributed by atoms with Gasteiger partial charge in [-0.2, -0.15) is 0 Å². The zero-order valence-corrected chi connectivity index (χ0v) is 16.4. The minimum atomic E-state index is -1.12. The fraction of sp³-hybridized carbons (Fsp3) is 0.318. The summed E-state index contributed by atoms with van der Waals surface area (Å²) in [5, 5.41) is 5.64. The maximum Gasteiger partial charge on any atom is 0.325 e. The van der Waals surface area contributed by atoms with Crippen LogP contribution in [0.3, 0.4) is 0 Å². The summed E-state index contributed by atoms with van der Waals surface area (Å²) in [6, 6.07) is 14.4. The molecule has 1 unspecified atom stereocenters. The van der Waals surface area contributed by atoms with E-state index in [1.165, 1.54) is 0 Å². The Morgan fingerprint density at radius 3 is 2.50 bits per heavy atom. The second-order valence-electron chi connectivity index (χ2n) is 7.21. The van der Waals surface area contributed by atoms with Gasteiger partial charge >= 0.3 is 6.03 Å². The largest absolute Gasteiger partial charge is 0.325 e. The third-order valence-electron chi connectivity index (χ3n) is 5.04. The van der Waals surface area contributed by atoms with Crippen LogP contribution in [0.15, 0.2) is 48.5 Å². The number of nitrogens with zero attached hydrogens (tertiary/aromatic N) is 1. The van der Waals surface area contributed by atoms with E-state index in [4.69, 9.17) is 0 Å². The Labute approximate surface area is 164 Å². The van der Waals surface area contributed by atoms with Crippen molar-refractivity contribution in [1.29, 1.82) is 0 Å². The molecule has 0 radical (unpaired) electrons. The first kappa shape index (κ1) is 19.6. The van der Waals surface area contributed by atoms with Crippen LogP contribution in [-0.4, -0.2) is 29.3 Å². The van der Waals surface area contributed by atoms with Crippen molar-refractivity contribution in [3.8, 4) is 0 Å². The first-order valence-electron chi connectivity index (χ1n) is 9.44. The number of hydrogen-bond acceptors (Lipinski definition) is 3. The molecule has 0 spiro atoms. The van der Waals surface area contributed by atoms with Gasteiger partial charge in [-0.05, 0) is 43.0 Å². The van der Waals surface area contributed by atoms with E-state index in [9.17, 15) is 14.4 Å². The average Bonchev–Trinajstić information content (AvgIpc) is 2.91. The molecule has 6 nitrogen and oxygen atoms in total. The van der Waals surface area contributed by atoms with Crippen molar-refractivity contribution in [1.82, 2.24) is 10.2 Å². The molecular weight excluding hydrogens is 354 g/mol. The molecule has 2 N–H and O–H groups in total. The van der Waals surface area contributed by atoms with Crippen LogP contribution in [0.25, 0.3) is 0 Å². The van der Waals surface area contributed by atoms with Gasteiger partial charge < -0.3 is 10.6 Å². The van der Waals surface area contributed by atoms with E-state index in [0.29, 0.717) is 18.5 Å². The van der Waals surface area contributed by atoms with Gasteiger partial charge in [0.2, 0.25) is 5.91 Å². The summed E-state index contributed by atoms with van der Waals surface area (Å²) in [4.78, 5) is 39.3. The number of hydrogen-bond donors (Lipinski definition) is 2. The van der Waals surface area contributed by atoms with Crippen LogP contribution in [0.1, 0.15) is 36.5 Å². The van der Waals surface area contributed by atoms with E-state index in [0.717, 1.165) is 21.6 Å². The summed E-state index contributed by atoms with van der Waals surface area (Å²) in [5.74, 6) is -0.792. The third-order valence-corrected chi connectivity index (χ3v) is 5.04. The topological polar surface area (TPSA) is 78.5 Å². The van der Waals surface area contributed by atoms with Crippen LogP contribution in [0.4, 0.5) is 10.5 Å². The summed E-state index contributed by atoms with van der Waals surface area (Å²) >= 11 is 0. The fourth-order valence-corrected chi connectivity index (χ4v) is 3.58. The SMILES string of the molecule is CCCC1(c2ccccc2)NC(=O)N(CC(=O)Nc2cc(C)ccc2C)C1=O. The highest BCUT2D eigenvalue weighted by atomic mass is 16.2. The van der Waals surface area contributed by atoms with Crippen molar-refractivity contribution in [2.75, 3.05) is 11.9 Å². The van der Waals surface area contributed by atoms with Gasteiger partial charge in [0.15, 0.2) is 0 Å². The van der Waals surface area contributed by atoms with Crippen LogP contribution >= 0.6 is 0 Å². The molecule has 1 saturated heterocycles. The number of amides is 4. The van der Waals surface area contributed by atoms with Crippen LogP contribution in [-0.2, 0) is 15.1 Å². The molecule has 0 saturated carbocycles. The normalized spacial score (nSPS) is 18.9. The number of aryl methyl sites for hydroxylation is 2. The summed E-state index contributed by atoms with van der Waals surface area (Å²) in [7, 11) is 0.